The largest absolute Gasteiger partial charge is 0.473 e. The maximum Gasteiger partial charge on any atom is 0.271 e. The van der Waals surface area contributed by atoms with Gasteiger partial charge in [0.2, 0.25) is 0 Å². The van der Waals surface area contributed by atoms with Gasteiger partial charge in [0, 0.05) is 12.1 Å². The topological polar surface area (TPSA) is 93.8 Å². The van der Waals surface area contributed by atoms with E-state index in [0.717, 1.165) is 0 Å². The van der Waals surface area contributed by atoms with E-state index in [1.165, 1.54) is 6.08 Å². The van der Waals surface area contributed by atoms with E-state index in [4.69, 9.17) is 4.74 Å². The number of aliphatic hydroxyl groups excluding tert-OH is 1. The normalized spacial score (nSPS) is 15.8. The van der Waals surface area contributed by atoms with E-state index in [1.807, 2.05) is 44.2 Å². The van der Waals surface area contributed by atoms with Crippen molar-refractivity contribution in [3.63, 3.8) is 0 Å². The Kier molecular flexibility index (Phi) is 7.20. The molecular weight excluding hydrogens is 366 g/mol. The van der Waals surface area contributed by atoms with E-state index < -0.39 is 11.8 Å². The Balaban J connectivity index is 2.15. The van der Waals surface area contributed by atoms with Crippen molar-refractivity contribution in [2.75, 3.05) is 20.6 Å². The molecule has 0 spiro atoms. The van der Waals surface area contributed by atoms with Crippen LogP contribution in [0.4, 0.5) is 0 Å². The van der Waals surface area contributed by atoms with Gasteiger partial charge in [-0.1, -0.05) is 18.2 Å². The molecule has 0 aromatic heterocycles. The second-order valence-corrected chi connectivity index (χ2v) is 7.17. The van der Waals surface area contributed by atoms with Crippen molar-refractivity contribution < 1.29 is 23.8 Å². The minimum absolute atomic E-state index is 0.190. The molecule has 7 nitrogen and oxygen atoms in total. The first kappa shape index (κ1) is 21.2. The zero-order chi connectivity index (χ0) is 20.0. The third-order valence-electron chi connectivity index (χ3n) is 3.96. The molecule has 0 radical (unpaired) electrons. The van der Waals surface area contributed by atoms with Crippen molar-refractivity contribution >= 4 is 23.7 Å². The number of carbonyl (C=O) groups is 1. The molecule has 0 amide bonds. The molecule has 8 heteroatoms. The minimum Gasteiger partial charge on any atom is -0.473 e. The summed E-state index contributed by atoms with van der Waals surface area (Å²) in [6.45, 7) is 3.92. The summed E-state index contributed by atoms with van der Waals surface area (Å²) < 4.78 is 19.5. The standard InChI is InChI=1S/C19H25N3O4S/c1-19(2,26-13-8-6-5-7-9-13)20-12-16(24)14-10-11-15(23)18(22(3)4)17(14)21-27-25/h5-11,16,20-21,24H,12H2,1-4H3/p+1. The van der Waals surface area contributed by atoms with Crippen molar-refractivity contribution in [3.8, 4) is 5.75 Å². The Morgan fingerprint density at radius 2 is 1.89 bits per heavy atom. The van der Waals surface area contributed by atoms with Crippen LogP contribution >= 0.6 is 12.2 Å². The van der Waals surface area contributed by atoms with E-state index in [2.05, 4.69) is 10.0 Å². The average Bonchev–Trinajstić information content (AvgIpc) is 2.60. The van der Waals surface area contributed by atoms with Crippen LogP contribution in [0.1, 0.15) is 13.8 Å². The lowest BCUT2D eigenvalue weighted by atomic mass is 9.96. The first-order valence-electron chi connectivity index (χ1n) is 8.50. The maximum absolute atomic E-state index is 12.2. The minimum atomic E-state index is -0.919. The highest BCUT2D eigenvalue weighted by atomic mass is 32.2. The van der Waals surface area contributed by atoms with Crippen molar-refractivity contribution in [2.24, 2.45) is 0 Å². The Bertz CT molecular complexity index is 768. The number of aliphatic hydroxyl groups is 1. The second-order valence-electron chi connectivity index (χ2n) is 6.79. The first-order chi connectivity index (χ1) is 12.7. The van der Waals surface area contributed by atoms with Gasteiger partial charge >= 0.3 is 0 Å². The number of hydrogen-bond donors (Lipinski definition) is 4. The molecule has 0 heterocycles. The lowest BCUT2D eigenvalue weighted by molar-refractivity contribution is -0.463. The molecule has 0 aliphatic heterocycles. The van der Waals surface area contributed by atoms with E-state index in [1.54, 1.807) is 24.7 Å². The fraction of sp³-hybridized carbons (Fsp3) is 0.368. The number of nitrogens with one attached hydrogen (secondary N) is 2. The molecule has 1 atom stereocenters. The molecule has 0 saturated heterocycles. The molecule has 1 aliphatic rings. The molecule has 2 rings (SSSR count). The van der Waals surface area contributed by atoms with Crippen molar-refractivity contribution in [3.05, 3.63) is 53.8 Å². The average molecular weight is 393 g/mol. The van der Waals surface area contributed by atoms with Crippen molar-refractivity contribution in [2.45, 2.75) is 25.7 Å². The summed E-state index contributed by atoms with van der Waals surface area (Å²) in [4.78, 5) is 12.2. The molecule has 1 unspecified atom stereocenters. The highest BCUT2D eigenvalue weighted by Gasteiger charge is 2.32. The van der Waals surface area contributed by atoms with Gasteiger partial charge in [-0.25, -0.2) is 4.58 Å². The Morgan fingerprint density at radius 3 is 2.48 bits per heavy atom. The zero-order valence-corrected chi connectivity index (χ0v) is 16.7. The summed E-state index contributed by atoms with van der Waals surface area (Å²) in [5, 5.41) is 13.9. The van der Waals surface area contributed by atoms with Crippen LogP contribution in [0, 0.1) is 0 Å². The fourth-order valence-corrected chi connectivity index (χ4v) is 3.04. The first-order valence-corrected chi connectivity index (χ1v) is 9.27. The summed E-state index contributed by atoms with van der Waals surface area (Å²) in [7, 11) is 3.46. The smallest absolute Gasteiger partial charge is 0.271 e. The predicted octanol–water partition coefficient (Wildman–Crippen LogP) is 1.57. The maximum atomic E-state index is 12.2. The van der Waals surface area contributed by atoms with Gasteiger partial charge in [-0.2, -0.15) is 0 Å². The number of ether oxygens (including phenoxy) is 1. The van der Waals surface area contributed by atoms with Crippen LogP contribution in [-0.2, 0) is 4.79 Å². The SMILES string of the molecule is C[N+](C)=C1C(=O)C=CC(C(O)CNC(C)(C)Oc2ccccc2)=C1NSO. The van der Waals surface area contributed by atoms with E-state index in [9.17, 15) is 14.5 Å². The van der Waals surface area contributed by atoms with Crippen LogP contribution in [-0.4, -0.2) is 58.2 Å². The number of allylic oxidation sites excluding steroid dienone is 2. The van der Waals surface area contributed by atoms with Gasteiger partial charge in [0.15, 0.2) is 5.72 Å². The van der Waals surface area contributed by atoms with Crippen LogP contribution in [0.2, 0.25) is 0 Å². The number of benzene rings is 1. The lowest BCUT2D eigenvalue weighted by Crippen LogP contribution is -2.48. The molecule has 1 aliphatic carbocycles. The summed E-state index contributed by atoms with van der Waals surface area (Å²) in [6.07, 6.45) is 2.05. The van der Waals surface area contributed by atoms with Crippen LogP contribution in [0.3, 0.4) is 0 Å². The molecular formula is C19H26N3O4S+. The Hall–Kier alpha value is -2.13. The highest BCUT2D eigenvalue weighted by Crippen LogP contribution is 2.20. The van der Waals surface area contributed by atoms with Gasteiger partial charge in [0.05, 0.1) is 6.10 Å². The Morgan fingerprint density at radius 1 is 1.22 bits per heavy atom. The molecule has 0 fully saturated rings. The third kappa shape index (κ3) is 5.67. The van der Waals surface area contributed by atoms with Gasteiger partial charge in [0.1, 0.15) is 37.8 Å². The predicted molar refractivity (Wildman–Crippen MR) is 107 cm³/mol. The Labute approximate surface area is 163 Å². The molecule has 0 saturated carbocycles. The van der Waals surface area contributed by atoms with Gasteiger partial charge in [-0.3, -0.25) is 10.1 Å². The quantitative estimate of drug-likeness (QED) is 0.175. The van der Waals surface area contributed by atoms with Gasteiger partial charge in [-0.05, 0) is 38.1 Å². The summed E-state index contributed by atoms with van der Waals surface area (Å²) in [5.41, 5.74) is 0.539. The molecule has 4 N–H and O–H groups in total. The van der Waals surface area contributed by atoms with E-state index >= 15 is 0 Å². The lowest BCUT2D eigenvalue weighted by Gasteiger charge is -2.29. The molecule has 146 valence electrons. The van der Waals surface area contributed by atoms with Crippen LogP contribution in [0.5, 0.6) is 5.75 Å². The van der Waals surface area contributed by atoms with Gasteiger partial charge < -0.3 is 19.1 Å². The second kappa shape index (κ2) is 9.18. The van der Waals surface area contributed by atoms with E-state index in [0.29, 0.717) is 35.0 Å². The van der Waals surface area contributed by atoms with Crippen LogP contribution in [0.25, 0.3) is 0 Å². The summed E-state index contributed by atoms with van der Waals surface area (Å²) in [6, 6.07) is 9.40. The fourth-order valence-electron chi connectivity index (χ4n) is 2.73. The number of para-hydroxylation sites is 1. The molecule has 1 aromatic carbocycles. The van der Waals surface area contributed by atoms with Gasteiger partial charge in [0.25, 0.3) is 11.5 Å². The number of carbonyl (C=O) groups excluding carboxylic acids is 1. The van der Waals surface area contributed by atoms with Crippen LogP contribution < -0.4 is 14.8 Å². The summed E-state index contributed by atoms with van der Waals surface area (Å²) >= 11 is 0.380. The van der Waals surface area contributed by atoms with E-state index in [-0.39, 0.29) is 12.3 Å². The molecule has 0 bridgehead atoms. The number of nitrogens with zero attached hydrogens (tertiary/aromatic N) is 1. The van der Waals surface area contributed by atoms with Crippen molar-refractivity contribution in [1.29, 1.82) is 0 Å². The van der Waals surface area contributed by atoms with Gasteiger partial charge in [-0.15, -0.1) is 0 Å². The monoisotopic (exact) mass is 392 g/mol. The summed E-state index contributed by atoms with van der Waals surface area (Å²) in [5.74, 6) is 0.516. The number of hydrogen-bond acceptors (Lipinski definition) is 7. The molecule has 1 aromatic rings. The van der Waals surface area contributed by atoms with Crippen LogP contribution in [0.15, 0.2) is 53.8 Å². The highest BCUT2D eigenvalue weighted by molar-refractivity contribution is 7.91. The number of ketones is 1. The third-order valence-corrected chi connectivity index (χ3v) is 4.26. The zero-order valence-electron chi connectivity index (χ0n) is 15.9. The van der Waals surface area contributed by atoms with Crippen molar-refractivity contribution in [1.82, 2.24) is 10.0 Å². The number of rotatable bonds is 8. The molecule has 27 heavy (non-hydrogen) atoms.